The Morgan fingerprint density at radius 1 is 0.724 bits per heavy atom. The first-order valence-electron chi connectivity index (χ1n) is 6.97. The van der Waals surface area contributed by atoms with E-state index in [1.54, 1.807) is 0 Å². The second-order valence-electron chi connectivity index (χ2n) is 4.75. The largest absolute Gasteiger partial charge is 0.445 e. The predicted molar refractivity (Wildman–Crippen MR) is 70.2 cm³/mol. The Morgan fingerprint density at radius 3 is 1.34 bits per heavy atom. The summed E-state index contributed by atoms with van der Waals surface area (Å²) in [6.07, 6.45) is -20.5. The van der Waals surface area contributed by atoms with Gasteiger partial charge < -0.3 is 9.05 Å². The molecule has 3 nitrogen and oxygen atoms in total. The third kappa shape index (κ3) is 6.10. The van der Waals surface area contributed by atoms with Crippen molar-refractivity contribution in [3.8, 4) is 0 Å². The smallest absolute Gasteiger partial charge is 0.304 e. The van der Waals surface area contributed by atoms with Gasteiger partial charge in [0.15, 0.2) is 5.83 Å². The van der Waals surface area contributed by atoms with Gasteiger partial charge in [-0.05, 0) is 13.8 Å². The van der Waals surface area contributed by atoms with Crippen molar-refractivity contribution in [3.05, 3.63) is 22.8 Å². The summed E-state index contributed by atoms with van der Waals surface area (Å²) in [4.78, 5) is 0. The van der Waals surface area contributed by atoms with Crippen LogP contribution in [0.2, 0.25) is 0 Å². The van der Waals surface area contributed by atoms with Crippen LogP contribution in [-0.4, -0.2) is 37.4 Å². The van der Waals surface area contributed by atoms with Crippen LogP contribution in [0.3, 0.4) is 0 Å². The van der Waals surface area contributed by atoms with E-state index in [1.807, 2.05) is 0 Å². The van der Waals surface area contributed by atoms with Crippen LogP contribution in [0.1, 0.15) is 13.8 Å². The van der Waals surface area contributed by atoms with Crippen molar-refractivity contribution in [3.63, 3.8) is 0 Å². The highest BCUT2D eigenvalue weighted by molar-refractivity contribution is 7.55. The van der Waals surface area contributed by atoms with Crippen LogP contribution in [-0.2, 0) is 13.6 Å². The Kier molecular flexibility index (Phi) is 8.45. The molecule has 0 aromatic heterocycles. The third-order valence-electron chi connectivity index (χ3n) is 2.72. The van der Waals surface area contributed by atoms with Gasteiger partial charge in [0.05, 0.1) is 13.2 Å². The lowest BCUT2D eigenvalue weighted by atomic mass is 10.0. The first-order valence-corrected chi connectivity index (χ1v) is 8.51. The Hall–Kier alpha value is -1.28. The average molecular weight is 480 g/mol. The fourth-order valence-electron chi connectivity index (χ4n) is 1.75. The molecule has 0 amide bonds. The molecule has 0 aromatic carbocycles. The summed E-state index contributed by atoms with van der Waals surface area (Å²) in [7, 11) is -6.51. The fraction of sp³-hybridized carbons (Fsp3) is 0.667. The Labute approximate surface area is 153 Å². The Morgan fingerprint density at radius 2 is 1.10 bits per heavy atom. The van der Waals surface area contributed by atoms with Gasteiger partial charge in [-0.1, -0.05) is 0 Å². The van der Waals surface area contributed by atoms with E-state index in [0.717, 1.165) is 13.8 Å². The predicted octanol–water partition coefficient (Wildman–Crippen LogP) is 6.98. The van der Waals surface area contributed by atoms with Crippen molar-refractivity contribution in [1.29, 1.82) is 0 Å². The molecule has 0 bridgehead atoms. The fourth-order valence-corrected chi connectivity index (χ4v) is 3.34. The topological polar surface area (TPSA) is 35.5 Å². The second kappa shape index (κ2) is 8.84. The van der Waals surface area contributed by atoms with Gasteiger partial charge in [0, 0.05) is 0 Å². The lowest BCUT2D eigenvalue weighted by molar-refractivity contribution is -0.137. The lowest BCUT2D eigenvalue weighted by Crippen LogP contribution is -2.36. The van der Waals surface area contributed by atoms with Gasteiger partial charge in [-0.15, -0.1) is 0 Å². The lowest BCUT2D eigenvalue weighted by Gasteiger charge is -2.30. The molecule has 0 N–H and O–H groups in total. The molecule has 0 fully saturated rings. The van der Waals surface area contributed by atoms with Crippen molar-refractivity contribution in [1.82, 2.24) is 0 Å². The van der Waals surface area contributed by atoms with Gasteiger partial charge in [0.2, 0.25) is 5.83 Å². The number of hydrogen-bond acceptors (Lipinski definition) is 3. The summed E-state index contributed by atoms with van der Waals surface area (Å²) < 4.78 is 189. The van der Waals surface area contributed by atoms with E-state index < -0.39 is 67.8 Å². The normalized spacial score (nSPS) is 16.5. The van der Waals surface area contributed by atoms with Gasteiger partial charge in [0.1, 0.15) is 11.1 Å². The van der Waals surface area contributed by atoms with E-state index in [0.29, 0.717) is 0 Å². The molecule has 0 aliphatic carbocycles. The molecule has 17 heteroatoms. The SMILES string of the molecule is CCOP(=O)(OCC)C(F)(F)/C(=C(/C(F)=C(\F)C(F)(F)F)C(F)(F)F)C(F)(F)F. The maximum atomic E-state index is 14.3. The van der Waals surface area contributed by atoms with Gasteiger partial charge in [-0.2, -0.15) is 52.7 Å². The number of halogens is 13. The zero-order valence-corrected chi connectivity index (χ0v) is 14.9. The summed E-state index contributed by atoms with van der Waals surface area (Å²) >= 11 is 0. The van der Waals surface area contributed by atoms with E-state index in [2.05, 4.69) is 9.05 Å². The minimum atomic E-state index is -6.96. The molecule has 172 valence electrons. The molecule has 0 atom stereocenters. The molecular weight excluding hydrogens is 470 g/mol. The third-order valence-corrected chi connectivity index (χ3v) is 4.83. The molecule has 29 heavy (non-hydrogen) atoms. The summed E-state index contributed by atoms with van der Waals surface area (Å²) in [5, 5.41) is 0. The molecule has 0 unspecified atom stereocenters. The molecule has 0 heterocycles. The van der Waals surface area contributed by atoms with Crippen molar-refractivity contribution in [2.45, 2.75) is 38.0 Å². The highest BCUT2D eigenvalue weighted by Crippen LogP contribution is 2.68. The van der Waals surface area contributed by atoms with E-state index in [1.165, 1.54) is 0 Å². The van der Waals surface area contributed by atoms with Crippen LogP contribution >= 0.6 is 7.60 Å². The summed E-state index contributed by atoms with van der Waals surface area (Å²) in [5.74, 6) is -8.71. The Balaban J connectivity index is 7.56. The molecular formula is C12H10F13O3P. The highest BCUT2D eigenvalue weighted by Gasteiger charge is 2.67. The van der Waals surface area contributed by atoms with Crippen molar-refractivity contribution in [2.24, 2.45) is 0 Å². The van der Waals surface area contributed by atoms with Crippen molar-refractivity contribution in [2.75, 3.05) is 13.2 Å². The van der Waals surface area contributed by atoms with Crippen molar-refractivity contribution >= 4 is 7.60 Å². The van der Waals surface area contributed by atoms with Gasteiger partial charge in [0.25, 0.3) is 0 Å². The first kappa shape index (κ1) is 27.7. The van der Waals surface area contributed by atoms with Gasteiger partial charge in [-0.3, -0.25) is 4.57 Å². The number of rotatable bonds is 7. The van der Waals surface area contributed by atoms with E-state index in [4.69, 9.17) is 0 Å². The van der Waals surface area contributed by atoms with E-state index in [9.17, 15) is 61.6 Å². The molecule has 0 aromatic rings. The zero-order chi connectivity index (χ0) is 23.6. The number of allylic oxidation sites excluding steroid dienone is 4. The molecule has 0 aliphatic rings. The molecule has 0 spiro atoms. The molecule has 0 aliphatic heterocycles. The quantitative estimate of drug-likeness (QED) is 0.224. The van der Waals surface area contributed by atoms with Crippen LogP contribution in [0.5, 0.6) is 0 Å². The van der Waals surface area contributed by atoms with E-state index >= 15 is 0 Å². The van der Waals surface area contributed by atoms with Crippen LogP contribution in [0.25, 0.3) is 0 Å². The molecule has 0 saturated carbocycles. The maximum Gasteiger partial charge on any atom is 0.445 e. The molecule has 0 radical (unpaired) electrons. The van der Waals surface area contributed by atoms with Crippen LogP contribution < -0.4 is 0 Å². The van der Waals surface area contributed by atoms with Crippen LogP contribution in [0.4, 0.5) is 57.1 Å². The second-order valence-corrected chi connectivity index (χ2v) is 6.82. The number of alkyl halides is 11. The molecule has 0 rings (SSSR count). The van der Waals surface area contributed by atoms with E-state index in [-0.39, 0.29) is 0 Å². The first-order chi connectivity index (χ1) is 12.7. The monoisotopic (exact) mass is 480 g/mol. The van der Waals surface area contributed by atoms with Gasteiger partial charge >= 0.3 is 31.8 Å². The summed E-state index contributed by atoms with van der Waals surface area (Å²) in [5.41, 5.74) is -15.2. The van der Waals surface area contributed by atoms with Gasteiger partial charge in [-0.25, -0.2) is 4.39 Å². The molecule has 0 saturated heterocycles. The van der Waals surface area contributed by atoms with Crippen LogP contribution in [0, 0.1) is 0 Å². The van der Waals surface area contributed by atoms with Crippen molar-refractivity contribution < 1.29 is 70.7 Å². The average Bonchev–Trinajstić information content (AvgIpc) is 2.47. The standard InChI is InChI=1S/C12H10F13O3P/c1-3-27-29(26,28-4-2)12(24,25)7(10(18,19)20)5(9(15,16)17)6(13)8(14)11(21,22)23/h3-4H2,1-2H3/b7-5-,8-6+. The number of hydrogen-bond donors (Lipinski definition) is 0. The minimum absolute atomic E-state index is 0.757. The Bertz CT molecular complexity index is 689. The zero-order valence-electron chi connectivity index (χ0n) is 14.0. The van der Waals surface area contributed by atoms with Crippen LogP contribution in [0.15, 0.2) is 22.8 Å². The summed E-state index contributed by atoms with van der Waals surface area (Å²) in [6, 6.07) is 0. The minimum Gasteiger partial charge on any atom is -0.304 e. The maximum absolute atomic E-state index is 14.3. The highest BCUT2D eigenvalue weighted by atomic mass is 31.2. The summed E-state index contributed by atoms with van der Waals surface area (Å²) in [6.45, 7) is -0.719.